The van der Waals surface area contributed by atoms with Crippen molar-refractivity contribution in [1.29, 1.82) is 0 Å². The molecule has 1 aromatic heterocycles. The van der Waals surface area contributed by atoms with Crippen molar-refractivity contribution >= 4 is 29.7 Å². The summed E-state index contributed by atoms with van der Waals surface area (Å²) in [6, 6.07) is 0.491. The van der Waals surface area contributed by atoms with Gasteiger partial charge in [-0.2, -0.15) is 0 Å². The quantitative estimate of drug-likeness (QED) is 0.259. The molecule has 0 aliphatic carbocycles. The molecule has 0 unspecified atom stereocenters. The molecular formula is C36H55N3O11. The van der Waals surface area contributed by atoms with Gasteiger partial charge in [-0.3, -0.25) is 19.0 Å². The maximum atomic E-state index is 14.3. The van der Waals surface area contributed by atoms with Gasteiger partial charge in [0.1, 0.15) is 35.6 Å². The minimum absolute atomic E-state index is 0.117. The van der Waals surface area contributed by atoms with Gasteiger partial charge in [0.15, 0.2) is 17.7 Å². The number of aliphatic hydroxyl groups excluding tert-OH is 1. The van der Waals surface area contributed by atoms with Gasteiger partial charge in [0, 0.05) is 36.2 Å². The molecule has 3 aliphatic heterocycles. The minimum atomic E-state index is -1.70. The molecule has 2 N–H and O–H groups in total. The van der Waals surface area contributed by atoms with Crippen LogP contribution in [-0.4, -0.2) is 112 Å². The second kappa shape index (κ2) is 15.1. The fourth-order valence-electron chi connectivity index (χ4n) is 7.95. The Bertz CT molecular complexity index is 1450. The first-order valence-electron chi connectivity index (χ1n) is 17.5. The zero-order chi connectivity index (χ0) is 37.5. The number of amides is 1. The number of likely N-dealkylation sites (N-methyl/N-ethyl adjacent to an activating group) is 1. The summed E-state index contributed by atoms with van der Waals surface area (Å²) in [5, 5.41) is 14.2. The number of ether oxygens (including phenoxy) is 5. The van der Waals surface area contributed by atoms with E-state index in [9.17, 15) is 29.1 Å². The summed E-state index contributed by atoms with van der Waals surface area (Å²) in [5.74, 6) is -5.80. The van der Waals surface area contributed by atoms with Gasteiger partial charge < -0.3 is 39.0 Å². The molecule has 0 bridgehead atoms. The van der Waals surface area contributed by atoms with Crippen LogP contribution >= 0.6 is 0 Å². The average Bonchev–Trinajstić information content (AvgIpc) is 3.63. The summed E-state index contributed by atoms with van der Waals surface area (Å²) >= 11 is 0. The highest BCUT2D eigenvalue weighted by Gasteiger charge is 2.57. The van der Waals surface area contributed by atoms with Crippen LogP contribution in [0.2, 0.25) is 0 Å². The summed E-state index contributed by atoms with van der Waals surface area (Å²) < 4.78 is 31.8. The molecule has 3 saturated heterocycles. The molecule has 1 aromatic rings. The molecule has 0 radical (unpaired) electrons. The number of hydrogen-bond acceptors (Lipinski definition) is 12. The van der Waals surface area contributed by atoms with Gasteiger partial charge >= 0.3 is 18.2 Å². The molecule has 0 aromatic carbocycles. The molecule has 13 atom stereocenters. The van der Waals surface area contributed by atoms with E-state index in [1.165, 1.54) is 17.7 Å². The Morgan fingerprint density at radius 1 is 1.08 bits per heavy atom. The van der Waals surface area contributed by atoms with Crippen LogP contribution in [0.1, 0.15) is 80.2 Å². The van der Waals surface area contributed by atoms with Gasteiger partial charge in [-0.1, -0.05) is 27.7 Å². The Morgan fingerprint density at radius 2 is 1.74 bits per heavy atom. The first-order valence-corrected chi connectivity index (χ1v) is 17.5. The van der Waals surface area contributed by atoms with E-state index in [4.69, 9.17) is 23.7 Å². The Kier molecular flexibility index (Phi) is 11.9. The number of alkyl carbamates (subject to hydrolysis) is 1. The lowest BCUT2D eigenvalue weighted by Crippen LogP contribution is -2.60. The topological polar surface area (TPSA) is 172 Å². The van der Waals surface area contributed by atoms with Crippen LogP contribution in [0.25, 0.3) is 0 Å². The molecule has 50 heavy (non-hydrogen) atoms. The number of ketones is 2. The van der Waals surface area contributed by atoms with Gasteiger partial charge in [-0.05, 0) is 79.6 Å². The van der Waals surface area contributed by atoms with E-state index in [1.54, 1.807) is 53.8 Å². The van der Waals surface area contributed by atoms with Crippen molar-refractivity contribution in [2.24, 2.45) is 23.7 Å². The summed E-state index contributed by atoms with van der Waals surface area (Å²) in [6.45, 7) is 14.9. The number of carbonyl (C=O) groups is 5. The smallest absolute Gasteiger partial charge is 0.418 e. The maximum Gasteiger partial charge on any atom is 0.418 e. The molecule has 14 nitrogen and oxygen atoms in total. The molecule has 0 saturated carbocycles. The standard InChI is InChI=1S/C36H55N3O11/c1-12-25-36(9)29(37-33(44)49-36)21(5)26(40)19(3)16-35(8,50-34(45)39-14-13-18(2)17-39)30(22(6)27(41)23(7)31(43)47-25)48-32-28(42)24(38(10)11)15-20(4)46-32/h13-14,17,19-25,28-30,32,42H,12,15-16H2,1-11H3,(H,37,44)/t19-,20-,21+,22+,23-,24+,25-,28-,29-,30-,32+,35-,36-/m1/s1. The summed E-state index contributed by atoms with van der Waals surface area (Å²) in [7, 11) is 3.66. The Hall–Kier alpha value is -3.33. The first-order chi connectivity index (χ1) is 23.2. The maximum absolute atomic E-state index is 14.3. The zero-order valence-corrected chi connectivity index (χ0v) is 31.1. The Morgan fingerprint density at radius 3 is 2.32 bits per heavy atom. The number of cyclic esters (lactones) is 1. The van der Waals surface area contributed by atoms with E-state index in [1.807, 2.05) is 32.8 Å². The van der Waals surface area contributed by atoms with Crippen molar-refractivity contribution in [3.8, 4) is 0 Å². The third-order valence-corrected chi connectivity index (χ3v) is 10.8. The van der Waals surface area contributed by atoms with Gasteiger partial charge in [-0.15, -0.1) is 0 Å². The molecule has 3 fully saturated rings. The molecule has 1 amide bonds. The van der Waals surface area contributed by atoms with Crippen LogP contribution in [0.15, 0.2) is 18.5 Å². The second-order valence-corrected chi connectivity index (χ2v) is 15.1. The molecule has 4 rings (SSSR count). The lowest BCUT2D eigenvalue weighted by Gasteiger charge is -2.47. The van der Waals surface area contributed by atoms with Gasteiger partial charge in [0.2, 0.25) is 0 Å². The number of esters is 1. The first kappa shape index (κ1) is 39.5. The van der Waals surface area contributed by atoms with Crippen molar-refractivity contribution in [3.05, 3.63) is 24.0 Å². The highest BCUT2D eigenvalue weighted by Crippen LogP contribution is 2.40. The molecule has 14 heteroatoms. The SMILES string of the molecule is CC[C@H]1OC(=O)[C@H](C)C(=O)[C@H](C)[C@@H](O[C@@H]2O[C@H](C)C[C@H](N(C)C)[C@H]2O)[C@](C)(OC(=O)n2ccc(C)c2)C[C@@H](C)C(=O)[C@H](C)[C@H]2NC(=O)O[C@@]21C. The van der Waals surface area contributed by atoms with Crippen LogP contribution in [0.5, 0.6) is 0 Å². The molecule has 0 spiro atoms. The third-order valence-electron chi connectivity index (χ3n) is 10.8. The number of nitrogens with zero attached hydrogens (tertiary/aromatic N) is 2. The van der Waals surface area contributed by atoms with E-state index < -0.39 is 89.5 Å². The van der Waals surface area contributed by atoms with E-state index in [-0.39, 0.29) is 30.8 Å². The van der Waals surface area contributed by atoms with Gasteiger partial charge in [0.05, 0.1) is 12.1 Å². The molecule has 3 aliphatic rings. The predicted molar refractivity (Wildman–Crippen MR) is 180 cm³/mol. The monoisotopic (exact) mass is 705 g/mol. The predicted octanol–water partition coefficient (Wildman–Crippen LogP) is 3.63. The summed E-state index contributed by atoms with van der Waals surface area (Å²) in [6.07, 6.45) is -2.82. The van der Waals surface area contributed by atoms with Crippen molar-refractivity contribution in [3.63, 3.8) is 0 Å². The number of aryl methyl sites for hydroxylation is 1. The minimum Gasteiger partial charge on any atom is -0.458 e. The van der Waals surface area contributed by atoms with Gasteiger partial charge in [0.25, 0.3) is 0 Å². The van der Waals surface area contributed by atoms with Crippen LogP contribution < -0.4 is 5.32 Å². The number of carbonyl (C=O) groups excluding carboxylic acids is 5. The molecular weight excluding hydrogens is 650 g/mol. The highest BCUT2D eigenvalue weighted by atomic mass is 16.7. The normalized spacial score (nSPS) is 40.4. The van der Waals surface area contributed by atoms with Crippen molar-refractivity contribution < 1.29 is 52.8 Å². The zero-order valence-electron chi connectivity index (χ0n) is 31.1. The number of rotatable bonds is 5. The highest BCUT2D eigenvalue weighted by molar-refractivity contribution is 6.00. The Labute approximate surface area is 294 Å². The number of nitrogens with one attached hydrogen (secondary N) is 1. The lowest BCUT2D eigenvalue weighted by molar-refractivity contribution is -0.292. The fraction of sp³-hybridized carbons (Fsp3) is 0.750. The van der Waals surface area contributed by atoms with Crippen LogP contribution in [0, 0.1) is 30.6 Å². The van der Waals surface area contributed by atoms with E-state index in [0.29, 0.717) is 6.42 Å². The average molecular weight is 706 g/mol. The molecule has 280 valence electrons. The summed E-state index contributed by atoms with van der Waals surface area (Å²) in [4.78, 5) is 70.5. The number of fused-ring (bicyclic) bond motifs is 1. The lowest BCUT2D eigenvalue weighted by atomic mass is 9.73. The van der Waals surface area contributed by atoms with Crippen molar-refractivity contribution in [2.75, 3.05) is 14.1 Å². The number of Topliss-reactive ketones (excluding diaryl/α,β-unsaturated/α-hetero) is 2. The summed E-state index contributed by atoms with van der Waals surface area (Å²) in [5.41, 5.74) is -2.32. The van der Waals surface area contributed by atoms with Crippen LogP contribution in [0.4, 0.5) is 9.59 Å². The number of aliphatic hydroxyl groups is 1. The Balaban J connectivity index is 1.86. The fourth-order valence-corrected chi connectivity index (χ4v) is 7.95. The van der Waals surface area contributed by atoms with Crippen LogP contribution in [0.3, 0.4) is 0 Å². The van der Waals surface area contributed by atoms with Crippen molar-refractivity contribution in [2.45, 2.75) is 136 Å². The van der Waals surface area contributed by atoms with E-state index in [0.717, 1.165) is 5.56 Å². The van der Waals surface area contributed by atoms with Gasteiger partial charge in [-0.25, -0.2) is 9.59 Å². The van der Waals surface area contributed by atoms with E-state index in [2.05, 4.69) is 5.32 Å². The second-order valence-electron chi connectivity index (χ2n) is 15.1. The number of aromatic nitrogens is 1. The van der Waals surface area contributed by atoms with E-state index >= 15 is 0 Å². The molecule has 4 heterocycles. The third kappa shape index (κ3) is 7.78. The number of hydrogen-bond donors (Lipinski definition) is 2. The van der Waals surface area contributed by atoms with Crippen LogP contribution in [-0.2, 0) is 38.1 Å². The van der Waals surface area contributed by atoms with Crippen molar-refractivity contribution in [1.82, 2.24) is 14.8 Å². The largest absolute Gasteiger partial charge is 0.458 e.